The van der Waals surface area contributed by atoms with Gasteiger partial charge < -0.3 is 10.4 Å². The average molecular weight is 301 g/mol. The Kier molecular flexibility index (Phi) is 3.94. The second-order valence-corrected chi connectivity index (χ2v) is 6.86. The molecule has 0 saturated heterocycles. The number of hydrogen-bond acceptors (Lipinski definition) is 2. The highest BCUT2D eigenvalue weighted by Gasteiger charge is 2.54. The number of aliphatic carboxylic acids is 1. The Balaban J connectivity index is 1.71. The molecule has 2 saturated carbocycles. The lowest BCUT2D eigenvalue weighted by atomic mass is 9.78. The summed E-state index contributed by atoms with van der Waals surface area (Å²) < 4.78 is 0. The number of nitrogens with one attached hydrogen (secondary N) is 1. The van der Waals surface area contributed by atoms with Crippen molar-refractivity contribution >= 4 is 11.9 Å². The number of hydrogen-bond donors (Lipinski definition) is 2. The minimum atomic E-state index is -0.810. The van der Waals surface area contributed by atoms with Crippen LogP contribution in [0, 0.1) is 30.6 Å². The number of carbonyl (C=O) groups excluding carboxylic acids is 1. The summed E-state index contributed by atoms with van der Waals surface area (Å²) in [5, 5.41) is 12.5. The van der Waals surface area contributed by atoms with E-state index in [1.54, 1.807) is 0 Å². The van der Waals surface area contributed by atoms with Crippen molar-refractivity contribution in [2.75, 3.05) is 0 Å². The smallest absolute Gasteiger partial charge is 0.307 e. The number of carboxylic acid groups (broad SMARTS) is 1. The van der Waals surface area contributed by atoms with Gasteiger partial charge in [-0.1, -0.05) is 29.8 Å². The van der Waals surface area contributed by atoms with Gasteiger partial charge >= 0.3 is 5.97 Å². The zero-order valence-corrected chi connectivity index (χ0v) is 13.1. The third kappa shape index (κ3) is 2.62. The highest BCUT2D eigenvalue weighted by atomic mass is 16.4. The van der Waals surface area contributed by atoms with Crippen molar-refractivity contribution in [1.29, 1.82) is 0 Å². The Morgan fingerprint density at radius 2 is 1.73 bits per heavy atom. The molecule has 0 spiro atoms. The second kappa shape index (κ2) is 5.75. The summed E-state index contributed by atoms with van der Waals surface area (Å²) in [4.78, 5) is 24.1. The molecule has 4 nitrogen and oxygen atoms in total. The zero-order chi connectivity index (χ0) is 15.9. The van der Waals surface area contributed by atoms with Crippen molar-refractivity contribution in [2.45, 2.75) is 39.2 Å². The van der Waals surface area contributed by atoms with Crippen LogP contribution in [-0.4, -0.2) is 17.0 Å². The fraction of sp³-hybridized carbons (Fsp3) is 0.556. The molecule has 1 aromatic rings. The monoisotopic (exact) mass is 301 g/mol. The van der Waals surface area contributed by atoms with Gasteiger partial charge in [0.05, 0.1) is 17.9 Å². The van der Waals surface area contributed by atoms with Gasteiger partial charge in [0.15, 0.2) is 0 Å². The largest absolute Gasteiger partial charge is 0.481 e. The maximum absolute atomic E-state index is 12.6. The number of amides is 1. The number of rotatable bonds is 4. The van der Waals surface area contributed by atoms with Crippen LogP contribution >= 0.6 is 0 Å². The Morgan fingerprint density at radius 3 is 2.32 bits per heavy atom. The molecule has 22 heavy (non-hydrogen) atoms. The molecular formula is C18H23NO3. The molecule has 0 unspecified atom stereocenters. The molecule has 2 bridgehead atoms. The second-order valence-electron chi connectivity index (χ2n) is 6.86. The summed E-state index contributed by atoms with van der Waals surface area (Å²) in [5.41, 5.74) is 2.23. The number of carboxylic acids is 1. The quantitative estimate of drug-likeness (QED) is 0.898. The van der Waals surface area contributed by atoms with Crippen LogP contribution in [0.3, 0.4) is 0 Å². The molecule has 118 valence electrons. The summed E-state index contributed by atoms with van der Waals surface area (Å²) in [6, 6.07) is 7.97. The van der Waals surface area contributed by atoms with Crippen LogP contribution < -0.4 is 5.32 Å². The summed E-state index contributed by atoms with van der Waals surface area (Å²) in [6.45, 7) is 3.98. The average Bonchev–Trinajstić information content (AvgIpc) is 3.08. The number of aryl methyl sites for hydroxylation is 1. The van der Waals surface area contributed by atoms with Crippen LogP contribution in [0.5, 0.6) is 0 Å². The first-order valence-electron chi connectivity index (χ1n) is 8.07. The maximum atomic E-state index is 12.6. The molecule has 4 heteroatoms. The van der Waals surface area contributed by atoms with Gasteiger partial charge in [0, 0.05) is 0 Å². The number of benzene rings is 1. The fourth-order valence-electron chi connectivity index (χ4n) is 4.27. The van der Waals surface area contributed by atoms with E-state index in [1.807, 2.05) is 38.1 Å². The molecule has 3 rings (SSSR count). The molecule has 2 aliphatic rings. The molecular weight excluding hydrogens is 278 g/mol. The molecule has 0 aliphatic heterocycles. The minimum absolute atomic E-state index is 0.0901. The van der Waals surface area contributed by atoms with Gasteiger partial charge in [-0.15, -0.1) is 0 Å². The molecule has 5 atom stereocenters. The van der Waals surface area contributed by atoms with E-state index in [0.29, 0.717) is 0 Å². The van der Waals surface area contributed by atoms with Crippen LogP contribution in [0.25, 0.3) is 0 Å². The third-order valence-electron chi connectivity index (χ3n) is 5.44. The van der Waals surface area contributed by atoms with E-state index >= 15 is 0 Å². The van der Waals surface area contributed by atoms with E-state index in [4.69, 9.17) is 0 Å². The Morgan fingerprint density at radius 1 is 1.14 bits per heavy atom. The molecule has 2 aliphatic carbocycles. The zero-order valence-electron chi connectivity index (χ0n) is 13.1. The van der Waals surface area contributed by atoms with Crippen molar-refractivity contribution in [2.24, 2.45) is 23.7 Å². The Bertz CT molecular complexity index is 580. The van der Waals surface area contributed by atoms with Crippen molar-refractivity contribution in [3.05, 3.63) is 35.4 Å². The van der Waals surface area contributed by atoms with Crippen LogP contribution in [0.1, 0.15) is 43.4 Å². The van der Waals surface area contributed by atoms with E-state index in [1.165, 1.54) is 5.56 Å². The van der Waals surface area contributed by atoms with Gasteiger partial charge in [-0.25, -0.2) is 0 Å². The van der Waals surface area contributed by atoms with Crippen LogP contribution in [0.4, 0.5) is 0 Å². The van der Waals surface area contributed by atoms with Crippen molar-refractivity contribution in [3.63, 3.8) is 0 Å². The lowest BCUT2D eigenvalue weighted by molar-refractivity contribution is -0.149. The third-order valence-corrected chi connectivity index (χ3v) is 5.44. The lowest BCUT2D eigenvalue weighted by Crippen LogP contribution is -2.42. The van der Waals surface area contributed by atoms with Crippen LogP contribution in [0.15, 0.2) is 24.3 Å². The van der Waals surface area contributed by atoms with Gasteiger partial charge in [0.2, 0.25) is 5.91 Å². The number of fused-ring (bicyclic) bond motifs is 2. The molecule has 0 radical (unpaired) electrons. The molecule has 1 aromatic carbocycles. The predicted octanol–water partition coefficient (Wildman–Crippen LogP) is 2.92. The number of carbonyl (C=O) groups is 2. The molecule has 2 N–H and O–H groups in total. The first kappa shape index (κ1) is 15.1. The van der Waals surface area contributed by atoms with Crippen molar-refractivity contribution in [3.8, 4) is 0 Å². The maximum Gasteiger partial charge on any atom is 0.307 e. The highest BCUT2D eigenvalue weighted by molar-refractivity contribution is 5.86. The topological polar surface area (TPSA) is 66.4 Å². The Hall–Kier alpha value is -1.84. The normalized spacial score (nSPS) is 31.0. The van der Waals surface area contributed by atoms with Gasteiger partial charge in [0.25, 0.3) is 0 Å². The SMILES string of the molecule is Cc1ccc([C@H](C)NC(=O)[C@@H]2[C@H]3CC[C@@H](C3)[C@@H]2C(=O)O)cc1. The van der Waals surface area contributed by atoms with E-state index in [0.717, 1.165) is 24.8 Å². The molecule has 2 fully saturated rings. The van der Waals surface area contributed by atoms with Gasteiger partial charge in [-0.3, -0.25) is 9.59 Å². The summed E-state index contributed by atoms with van der Waals surface area (Å²) in [5.74, 6) is -1.32. The standard InChI is InChI=1S/C18H23NO3/c1-10-3-5-12(6-4-10)11(2)19-17(20)15-13-7-8-14(9-13)16(15)18(21)22/h3-6,11,13-16H,7-9H2,1-2H3,(H,19,20)(H,21,22)/t11-,13-,14-,15+,16-/m0/s1. The van der Waals surface area contributed by atoms with Gasteiger partial charge in [-0.2, -0.15) is 0 Å². The van der Waals surface area contributed by atoms with E-state index in [2.05, 4.69) is 5.32 Å². The van der Waals surface area contributed by atoms with E-state index in [9.17, 15) is 14.7 Å². The van der Waals surface area contributed by atoms with E-state index in [-0.39, 0.29) is 29.7 Å². The predicted molar refractivity (Wildman–Crippen MR) is 83.2 cm³/mol. The summed E-state index contributed by atoms with van der Waals surface area (Å²) in [6.07, 6.45) is 2.85. The van der Waals surface area contributed by atoms with Gasteiger partial charge in [0.1, 0.15) is 0 Å². The highest BCUT2D eigenvalue weighted by Crippen LogP contribution is 2.52. The van der Waals surface area contributed by atoms with Crippen LogP contribution in [-0.2, 0) is 9.59 Å². The minimum Gasteiger partial charge on any atom is -0.481 e. The fourth-order valence-corrected chi connectivity index (χ4v) is 4.27. The molecule has 1 amide bonds. The van der Waals surface area contributed by atoms with Crippen molar-refractivity contribution in [1.82, 2.24) is 5.32 Å². The summed E-state index contributed by atoms with van der Waals surface area (Å²) >= 11 is 0. The van der Waals surface area contributed by atoms with Crippen LogP contribution in [0.2, 0.25) is 0 Å². The lowest BCUT2D eigenvalue weighted by Gasteiger charge is -2.28. The molecule has 0 aromatic heterocycles. The molecule has 0 heterocycles. The first-order chi connectivity index (χ1) is 10.5. The Labute approximate surface area is 130 Å². The van der Waals surface area contributed by atoms with Crippen molar-refractivity contribution < 1.29 is 14.7 Å². The first-order valence-corrected chi connectivity index (χ1v) is 8.07. The van der Waals surface area contributed by atoms with Gasteiger partial charge in [-0.05, 0) is 50.5 Å². The van der Waals surface area contributed by atoms with E-state index < -0.39 is 11.9 Å². The summed E-state index contributed by atoms with van der Waals surface area (Å²) in [7, 11) is 0.